The number of piperidine rings is 1. The molecule has 0 saturated carbocycles. The molecule has 1 atom stereocenters. The maximum atomic E-state index is 11.8. The quantitative estimate of drug-likeness (QED) is 0.867. The van der Waals surface area contributed by atoms with Crippen LogP contribution < -0.4 is 15.4 Å². The smallest absolute Gasteiger partial charge is 0.246 e. The second-order valence-corrected chi connectivity index (χ2v) is 5.71. The molecule has 0 radical (unpaired) electrons. The molecule has 1 aromatic carbocycles. The summed E-state index contributed by atoms with van der Waals surface area (Å²) in [7, 11) is 1.79. The Kier molecular flexibility index (Phi) is 4.41. The molecule has 2 aliphatic heterocycles. The molecule has 1 aromatic rings. The van der Waals surface area contributed by atoms with Gasteiger partial charge in [0.05, 0.1) is 0 Å². The summed E-state index contributed by atoms with van der Waals surface area (Å²) in [6.07, 6.45) is 3.96. The maximum Gasteiger partial charge on any atom is 0.246 e. The van der Waals surface area contributed by atoms with Crippen LogP contribution in [0.25, 0.3) is 0 Å². The fourth-order valence-corrected chi connectivity index (χ4v) is 3.09. The van der Waals surface area contributed by atoms with Gasteiger partial charge in [-0.3, -0.25) is 9.69 Å². The van der Waals surface area contributed by atoms with Gasteiger partial charge in [-0.1, -0.05) is 12.5 Å². The summed E-state index contributed by atoms with van der Waals surface area (Å²) in [5.74, 6) is 0.820. The fourth-order valence-electron chi connectivity index (χ4n) is 3.09. The van der Waals surface area contributed by atoms with E-state index in [4.69, 9.17) is 4.74 Å². The first-order valence-electron chi connectivity index (χ1n) is 7.75. The van der Waals surface area contributed by atoms with Gasteiger partial charge in [-0.25, -0.2) is 0 Å². The van der Waals surface area contributed by atoms with Crippen LogP contribution in [-0.2, 0) is 4.79 Å². The largest absolute Gasteiger partial charge is 0.492 e. The lowest BCUT2D eigenvalue weighted by molar-refractivity contribution is -0.117. The number of rotatable bonds is 5. The summed E-state index contributed by atoms with van der Waals surface area (Å²) in [6, 6.07) is 5.58. The van der Waals surface area contributed by atoms with Crippen molar-refractivity contribution in [2.75, 3.05) is 38.6 Å². The van der Waals surface area contributed by atoms with Gasteiger partial charge >= 0.3 is 0 Å². The van der Waals surface area contributed by atoms with Gasteiger partial charge in [-0.2, -0.15) is 0 Å². The molecule has 5 heteroatoms. The molecule has 1 fully saturated rings. The summed E-state index contributed by atoms with van der Waals surface area (Å²) in [5.41, 5.74) is 1.85. The molecule has 5 nitrogen and oxygen atoms in total. The highest BCUT2D eigenvalue weighted by Crippen LogP contribution is 2.33. The van der Waals surface area contributed by atoms with Crippen molar-refractivity contribution in [1.29, 1.82) is 0 Å². The number of likely N-dealkylation sites (N-methyl/N-ethyl adjacent to an activating group) is 1. The van der Waals surface area contributed by atoms with Crippen LogP contribution in [0.3, 0.4) is 0 Å². The predicted molar refractivity (Wildman–Crippen MR) is 82.7 cm³/mol. The Morgan fingerprint density at radius 2 is 2.14 bits per heavy atom. The number of likely N-dealkylation sites (tertiary alicyclic amines) is 1. The first-order valence-corrected chi connectivity index (χ1v) is 7.75. The predicted octanol–water partition coefficient (Wildman–Crippen LogP) is 1.76. The Hall–Kier alpha value is -1.59. The highest BCUT2D eigenvalue weighted by Gasteiger charge is 2.29. The summed E-state index contributed by atoms with van der Waals surface area (Å²) in [4.78, 5) is 14.2. The number of carbonyl (C=O) groups is 1. The van der Waals surface area contributed by atoms with Gasteiger partial charge in [-0.05, 0) is 39.0 Å². The minimum atomic E-state index is -0.248. The Balaban J connectivity index is 1.55. The van der Waals surface area contributed by atoms with Crippen molar-refractivity contribution in [2.45, 2.75) is 25.3 Å². The number of hydrogen-bond donors (Lipinski definition) is 2. The van der Waals surface area contributed by atoms with Gasteiger partial charge in [0.1, 0.15) is 18.4 Å². The number of anilines is 1. The normalized spacial score (nSPS) is 22.0. The third-order valence-electron chi connectivity index (χ3n) is 4.27. The average Bonchev–Trinajstić information content (AvgIpc) is 2.82. The molecular weight excluding hydrogens is 266 g/mol. The van der Waals surface area contributed by atoms with Gasteiger partial charge in [0.2, 0.25) is 5.91 Å². The zero-order valence-electron chi connectivity index (χ0n) is 12.5. The third-order valence-corrected chi connectivity index (χ3v) is 4.27. The van der Waals surface area contributed by atoms with Crippen LogP contribution in [0, 0.1) is 0 Å². The Bertz CT molecular complexity index is 512. The van der Waals surface area contributed by atoms with Crippen LogP contribution in [0.4, 0.5) is 5.69 Å². The number of nitrogens with zero attached hydrogens (tertiary/aromatic N) is 1. The van der Waals surface area contributed by atoms with Crippen LogP contribution in [0.15, 0.2) is 18.2 Å². The fraction of sp³-hybridized carbons (Fsp3) is 0.562. The lowest BCUT2D eigenvalue weighted by Crippen LogP contribution is -2.33. The molecule has 0 aliphatic carbocycles. The van der Waals surface area contributed by atoms with Crippen molar-refractivity contribution < 1.29 is 9.53 Å². The first kappa shape index (κ1) is 14.4. The molecule has 2 N–H and O–H groups in total. The molecule has 2 heterocycles. The molecule has 1 unspecified atom stereocenters. The topological polar surface area (TPSA) is 53.6 Å². The average molecular weight is 289 g/mol. The number of amides is 1. The van der Waals surface area contributed by atoms with Crippen LogP contribution in [0.2, 0.25) is 0 Å². The zero-order chi connectivity index (χ0) is 14.7. The molecule has 114 valence electrons. The van der Waals surface area contributed by atoms with E-state index in [1.54, 1.807) is 7.05 Å². The lowest BCUT2D eigenvalue weighted by Gasteiger charge is -2.26. The van der Waals surface area contributed by atoms with Crippen LogP contribution in [0.1, 0.15) is 30.9 Å². The van der Waals surface area contributed by atoms with Gasteiger partial charge < -0.3 is 15.4 Å². The number of nitrogens with one attached hydrogen (secondary N) is 2. The summed E-state index contributed by atoms with van der Waals surface area (Å²) < 4.78 is 5.82. The van der Waals surface area contributed by atoms with E-state index in [1.165, 1.54) is 32.4 Å². The van der Waals surface area contributed by atoms with Crippen molar-refractivity contribution in [2.24, 2.45) is 0 Å². The third kappa shape index (κ3) is 3.19. The lowest BCUT2D eigenvalue weighted by atomic mass is 10.1. The SMILES string of the molecule is CNC1C(=O)Nc2cc(OCCN3CCCCC3)ccc21. The first-order chi connectivity index (χ1) is 10.3. The Morgan fingerprint density at radius 3 is 2.90 bits per heavy atom. The highest BCUT2D eigenvalue weighted by molar-refractivity contribution is 6.02. The van der Waals surface area contributed by atoms with Gasteiger partial charge in [-0.15, -0.1) is 0 Å². The Labute approximate surface area is 125 Å². The minimum Gasteiger partial charge on any atom is -0.492 e. The van der Waals surface area contributed by atoms with Crippen molar-refractivity contribution in [3.63, 3.8) is 0 Å². The second-order valence-electron chi connectivity index (χ2n) is 5.71. The number of ether oxygens (including phenoxy) is 1. The molecular formula is C16H23N3O2. The molecule has 0 spiro atoms. The van der Waals surface area contributed by atoms with Crippen molar-refractivity contribution in [3.05, 3.63) is 23.8 Å². The monoisotopic (exact) mass is 289 g/mol. The second kappa shape index (κ2) is 6.45. The molecule has 21 heavy (non-hydrogen) atoms. The zero-order valence-corrected chi connectivity index (χ0v) is 12.5. The van der Waals surface area contributed by atoms with E-state index in [9.17, 15) is 4.79 Å². The molecule has 0 bridgehead atoms. The molecule has 0 aromatic heterocycles. The van der Waals surface area contributed by atoms with Crippen LogP contribution >= 0.6 is 0 Å². The summed E-state index contributed by atoms with van der Waals surface area (Å²) in [5, 5.41) is 5.90. The van der Waals surface area contributed by atoms with Crippen molar-refractivity contribution >= 4 is 11.6 Å². The maximum absolute atomic E-state index is 11.8. The van der Waals surface area contributed by atoms with Crippen molar-refractivity contribution in [1.82, 2.24) is 10.2 Å². The summed E-state index contributed by atoms with van der Waals surface area (Å²) >= 11 is 0. The molecule has 3 rings (SSSR count). The van der Waals surface area contributed by atoms with E-state index in [2.05, 4.69) is 15.5 Å². The summed E-state index contributed by atoms with van der Waals surface area (Å²) in [6.45, 7) is 4.05. The van der Waals surface area contributed by atoms with E-state index >= 15 is 0 Å². The number of carbonyl (C=O) groups excluding carboxylic acids is 1. The van der Waals surface area contributed by atoms with Crippen molar-refractivity contribution in [3.8, 4) is 5.75 Å². The van der Waals surface area contributed by atoms with E-state index in [-0.39, 0.29) is 11.9 Å². The van der Waals surface area contributed by atoms with Crippen LogP contribution in [-0.4, -0.2) is 44.1 Å². The van der Waals surface area contributed by atoms with Gasteiger partial charge in [0.25, 0.3) is 0 Å². The van der Waals surface area contributed by atoms with Gasteiger partial charge in [0.15, 0.2) is 0 Å². The number of benzene rings is 1. The van der Waals surface area contributed by atoms with E-state index in [0.717, 1.165) is 23.5 Å². The molecule has 1 saturated heterocycles. The molecule has 1 amide bonds. The highest BCUT2D eigenvalue weighted by atomic mass is 16.5. The van der Waals surface area contributed by atoms with E-state index in [1.807, 2.05) is 18.2 Å². The van der Waals surface area contributed by atoms with E-state index < -0.39 is 0 Å². The van der Waals surface area contributed by atoms with E-state index in [0.29, 0.717) is 6.61 Å². The Morgan fingerprint density at radius 1 is 1.33 bits per heavy atom. The van der Waals surface area contributed by atoms with Gasteiger partial charge in [0, 0.05) is 23.9 Å². The number of hydrogen-bond acceptors (Lipinski definition) is 4. The van der Waals surface area contributed by atoms with Crippen LogP contribution in [0.5, 0.6) is 5.75 Å². The molecule has 2 aliphatic rings. The minimum absolute atomic E-state index is 0.00188. The standard InChI is InChI=1S/C16H23N3O2/c1-17-15-13-6-5-12(11-14(13)18-16(15)20)21-10-9-19-7-3-2-4-8-19/h5-6,11,15,17H,2-4,7-10H2,1H3,(H,18,20). The number of fused-ring (bicyclic) bond motifs is 1.